The van der Waals surface area contributed by atoms with E-state index in [1.54, 1.807) is 0 Å². The van der Waals surface area contributed by atoms with Crippen molar-refractivity contribution in [1.82, 2.24) is 37.2 Å². The lowest BCUT2D eigenvalue weighted by Gasteiger charge is -2.20. The van der Waals surface area contributed by atoms with E-state index in [0.29, 0.717) is 0 Å². The maximum absolute atomic E-state index is 12.6. The van der Waals surface area contributed by atoms with E-state index >= 15 is 0 Å². The SMILES string of the molecule is NCC(=O)N[C@@H](CC(N)=O)C(=O)NCC(=O)N[C@@H](CC(N)=O)C(=O)NCC(=O)N[C@@H](CC(N)=O)C(=O)NCC(=O)N[C@@H](CC(N)=O)C(=O)O. The van der Waals surface area contributed by atoms with Crippen molar-refractivity contribution in [3.63, 3.8) is 0 Å². The summed E-state index contributed by atoms with van der Waals surface area (Å²) >= 11 is 0. The van der Waals surface area contributed by atoms with Crippen LogP contribution in [0.4, 0.5) is 0 Å². The Kier molecular flexibility index (Phi) is 18.6. The predicted molar refractivity (Wildman–Crippen MR) is 159 cm³/mol. The van der Waals surface area contributed by atoms with Crippen LogP contribution < -0.4 is 65.9 Å². The van der Waals surface area contributed by atoms with Gasteiger partial charge in [-0.3, -0.25) is 52.7 Å². The first-order chi connectivity index (χ1) is 22.7. The van der Waals surface area contributed by atoms with Gasteiger partial charge in [0.1, 0.15) is 24.2 Å². The van der Waals surface area contributed by atoms with Gasteiger partial charge in [-0.05, 0) is 0 Å². The number of hydrogen-bond acceptors (Lipinski definition) is 13. The Balaban J connectivity index is 5.26. The second-order valence-corrected chi connectivity index (χ2v) is 9.86. The van der Waals surface area contributed by atoms with Crippen LogP contribution in [-0.2, 0) is 57.5 Å². The first-order valence-electron chi connectivity index (χ1n) is 13.8. The van der Waals surface area contributed by atoms with Crippen LogP contribution in [-0.4, -0.2) is 126 Å². The van der Waals surface area contributed by atoms with Gasteiger partial charge in [-0.15, -0.1) is 0 Å². The van der Waals surface area contributed by atoms with Gasteiger partial charge in [-0.2, -0.15) is 0 Å². The highest BCUT2D eigenvalue weighted by molar-refractivity contribution is 5.98. The molecule has 0 heterocycles. The number of nitrogens with one attached hydrogen (secondary N) is 7. The molecule has 0 aromatic rings. The molecule has 11 amide bonds. The lowest BCUT2D eigenvalue weighted by molar-refractivity contribution is -0.143. The van der Waals surface area contributed by atoms with Crippen molar-refractivity contribution in [2.45, 2.75) is 49.9 Å². The molecule has 0 aromatic carbocycles. The summed E-state index contributed by atoms with van der Waals surface area (Å²) in [4.78, 5) is 142. The highest BCUT2D eigenvalue weighted by Crippen LogP contribution is 1.97. The predicted octanol–water partition coefficient (Wildman–Crippen LogP) is -10.2. The van der Waals surface area contributed by atoms with Crippen molar-refractivity contribution >= 4 is 70.9 Å². The summed E-state index contributed by atoms with van der Waals surface area (Å²) in [5.41, 5.74) is 25.3. The molecule has 0 saturated heterocycles. The lowest BCUT2D eigenvalue weighted by Crippen LogP contribution is -2.55. The largest absolute Gasteiger partial charge is 0.480 e. The smallest absolute Gasteiger partial charge is 0.326 e. The summed E-state index contributed by atoms with van der Waals surface area (Å²) in [5.74, 6) is -13.1. The van der Waals surface area contributed by atoms with E-state index in [4.69, 9.17) is 33.8 Å². The zero-order valence-corrected chi connectivity index (χ0v) is 25.7. The molecule has 0 aliphatic rings. The van der Waals surface area contributed by atoms with Crippen LogP contribution in [0.2, 0.25) is 0 Å². The molecule has 0 aromatic heterocycles. The van der Waals surface area contributed by atoms with E-state index in [0.717, 1.165) is 0 Å². The van der Waals surface area contributed by atoms with Crippen LogP contribution in [0.3, 0.4) is 0 Å². The zero-order chi connectivity index (χ0) is 37.8. The Labute approximate surface area is 275 Å². The second-order valence-electron chi connectivity index (χ2n) is 9.86. The molecule has 0 saturated carbocycles. The van der Waals surface area contributed by atoms with E-state index in [-0.39, 0.29) is 0 Å². The molecule has 49 heavy (non-hydrogen) atoms. The molecule has 0 rings (SSSR count). The van der Waals surface area contributed by atoms with Crippen LogP contribution in [0.1, 0.15) is 25.7 Å². The number of hydrogen-bond donors (Lipinski definition) is 13. The number of amides is 11. The van der Waals surface area contributed by atoms with Crippen molar-refractivity contribution in [2.75, 3.05) is 26.2 Å². The van der Waals surface area contributed by atoms with E-state index < -0.39 is 147 Å². The maximum atomic E-state index is 12.6. The number of rotatable bonds is 23. The summed E-state index contributed by atoms with van der Waals surface area (Å²) in [6.45, 7) is -3.14. The fourth-order valence-electron chi connectivity index (χ4n) is 3.49. The highest BCUT2D eigenvalue weighted by Gasteiger charge is 2.28. The Morgan fingerprint density at radius 1 is 0.429 bits per heavy atom. The van der Waals surface area contributed by atoms with Crippen molar-refractivity contribution in [3.05, 3.63) is 0 Å². The van der Waals surface area contributed by atoms with Crippen molar-refractivity contribution in [3.8, 4) is 0 Å². The standard InChI is InChI=1S/C24H38N12O13/c25-5-17(41)33-9(1-13(26)37)21(45)30-6-18(42)34-10(2-14(27)38)22(46)31-7-19(43)35-11(3-15(28)39)23(47)32-8-20(44)36-12(24(48)49)4-16(29)40/h9-12H,1-8,25H2,(H2,26,37)(H2,27,38)(H2,28,39)(H2,29,40)(H,30,45)(H,31,46)(H,32,47)(H,33,41)(H,34,42)(H,35,43)(H,36,44)(H,48,49)/t9-,10-,11-,12-/m0/s1. The van der Waals surface area contributed by atoms with Gasteiger partial charge < -0.3 is 71.0 Å². The summed E-state index contributed by atoms with van der Waals surface area (Å²) < 4.78 is 0. The third-order valence-corrected chi connectivity index (χ3v) is 5.66. The molecule has 272 valence electrons. The molecule has 4 atom stereocenters. The Hall–Kier alpha value is -6.40. The van der Waals surface area contributed by atoms with E-state index in [1.165, 1.54) is 0 Å². The van der Waals surface area contributed by atoms with Crippen LogP contribution in [0.25, 0.3) is 0 Å². The average molecular weight is 703 g/mol. The fraction of sp³-hybridized carbons (Fsp3) is 0.500. The molecular formula is C24H38N12O13. The monoisotopic (exact) mass is 702 g/mol. The number of carbonyl (C=O) groups is 12. The minimum atomic E-state index is -1.70. The van der Waals surface area contributed by atoms with Gasteiger partial charge in [0.25, 0.3) is 0 Å². The molecule has 0 aliphatic carbocycles. The number of aliphatic carboxylic acids is 1. The minimum Gasteiger partial charge on any atom is -0.480 e. The van der Waals surface area contributed by atoms with Crippen molar-refractivity contribution in [2.24, 2.45) is 28.7 Å². The van der Waals surface area contributed by atoms with E-state index in [2.05, 4.69) is 21.3 Å². The van der Waals surface area contributed by atoms with Crippen molar-refractivity contribution in [1.29, 1.82) is 0 Å². The van der Waals surface area contributed by atoms with Crippen LogP contribution in [0.15, 0.2) is 0 Å². The first kappa shape index (κ1) is 42.6. The highest BCUT2D eigenvalue weighted by atomic mass is 16.4. The summed E-state index contributed by atoms with van der Waals surface area (Å²) in [6, 6.07) is -6.58. The molecule has 0 bridgehead atoms. The van der Waals surface area contributed by atoms with Gasteiger partial charge >= 0.3 is 5.97 Å². The average Bonchev–Trinajstić information content (AvgIpc) is 2.98. The maximum Gasteiger partial charge on any atom is 0.326 e. The van der Waals surface area contributed by atoms with Crippen molar-refractivity contribution < 1.29 is 62.6 Å². The minimum absolute atomic E-state index is 0.528. The molecule has 18 N–H and O–H groups in total. The first-order valence-corrected chi connectivity index (χ1v) is 13.8. The number of nitrogens with two attached hydrogens (primary N) is 5. The summed E-state index contributed by atoms with van der Waals surface area (Å²) in [6.07, 6.45) is -2.98. The molecule has 0 radical (unpaired) electrons. The fourth-order valence-corrected chi connectivity index (χ4v) is 3.49. The summed E-state index contributed by atoms with van der Waals surface area (Å²) in [7, 11) is 0. The van der Waals surface area contributed by atoms with Crippen LogP contribution in [0.5, 0.6) is 0 Å². The third-order valence-electron chi connectivity index (χ3n) is 5.66. The van der Waals surface area contributed by atoms with Crippen LogP contribution >= 0.6 is 0 Å². The molecule has 0 unspecified atom stereocenters. The Morgan fingerprint density at radius 3 is 0.918 bits per heavy atom. The summed E-state index contributed by atoms with van der Waals surface area (Å²) in [5, 5.41) is 23.4. The lowest BCUT2D eigenvalue weighted by atomic mass is 10.1. The molecule has 0 spiro atoms. The number of carbonyl (C=O) groups excluding carboxylic acids is 11. The normalized spacial score (nSPS) is 12.7. The zero-order valence-electron chi connectivity index (χ0n) is 25.7. The van der Waals surface area contributed by atoms with Gasteiger partial charge in [0.05, 0.1) is 51.9 Å². The Bertz CT molecular complexity index is 1340. The van der Waals surface area contributed by atoms with Gasteiger partial charge in [0.2, 0.25) is 65.0 Å². The van der Waals surface area contributed by atoms with E-state index in [9.17, 15) is 57.5 Å². The topological polar surface area (TPSA) is 439 Å². The van der Waals surface area contributed by atoms with Gasteiger partial charge in [-0.1, -0.05) is 0 Å². The quantitative estimate of drug-likeness (QED) is 0.0470. The molecule has 25 heteroatoms. The van der Waals surface area contributed by atoms with Gasteiger partial charge in [0, 0.05) is 0 Å². The van der Waals surface area contributed by atoms with Crippen LogP contribution in [0, 0.1) is 0 Å². The second kappa shape index (κ2) is 21.4. The van der Waals surface area contributed by atoms with Gasteiger partial charge in [0.15, 0.2) is 0 Å². The number of carboxylic acid groups (broad SMARTS) is 1. The molecular weight excluding hydrogens is 664 g/mol. The number of carboxylic acids is 1. The van der Waals surface area contributed by atoms with Gasteiger partial charge in [-0.25, -0.2) is 4.79 Å². The number of primary amides is 4. The molecule has 0 fully saturated rings. The van der Waals surface area contributed by atoms with E-state index in [1.807, 2.05) is 16.0 Å². The molecule has 25 nitrogen and oxygen atoms in total. The molecule has 0 aliphatic heterocycles. The third kappa shape index (κ3) is 19.0. The Morgan fingerprint density at radius 2 is 0.673 bits per heavy atom.